The molecular formula is C28H28ClF5N8O4. The lowest BCUT2D eigenvalue weighted by atomic mass is 9.93. The largest absolute Gasteiger partial charge is 0.454 e. The number of carbonyl (C=O) groups is 3. The number of amides is 3. The van der Waals surface area contributed by atoms with Crippen molar-refractivity contribution < 1.29 is 41.1 Å². The summed E-state index contributed by atoms with van der Waals surface area (Å²) in [4.78, 5) is 46.8. The molecule has 46 heavy (non-hydrogen) atoms. The molecule has 1 aliphatic rings. The van der Waals surface area contributed by atoms with Crippen LogP contribution in [0.2, 0.25) is 5.02 Å². The molecule has 18 heteroatoms. The van der Waals surface area contributed by atoms with Gasteiger partial charge in [-0.05, 0) is 48.1 Å². The lowest BCUT2D eigenvalue weighted by molar-refractivity contribution is -0.154. The number of nitrogens with two attached hydrogens (primary N) is 1. The fourth-order valence-electron chi connectivity index (χ4n) is 4.14. The van der Waals surface area contributed by atoms with Crippen LogP contribution in [-0.2, 0) is 15.1 Å². The number of alkyl halides is 3. The van der Waals surface area contributed by atoms with E-state index < -0.39 is 70.6 Å². The van der Waals surface area contributed by atoms with Crippen LogP contribution in [0.25, 0.3) is 0 Å². The second-order valence-corrected chi connectivity index (χ2v) is 11.7. The molecule has 1 aliphatic carbocycles. The van der Waals surface area contributed by atoms with E-state index in [2.05, 4.69) is 36.2 Å². The highest BCUT2D eigenvalue weighted by Gasteiger charge is 2.45. The predicted octanol–water partition coefficient (Wildman–Crippen LogP) is 3.95. The number of nitrogens with one attached hydrogen (secondary N) is 4. The first-order valence-corrected chi connectivity index (χ1v) is 13.9. The van der Waals surface area contributed by atoms with Crippen LogP contribution in [0, 0.1) is 17.0 Å². The lowest BCUT2D eigenvalue weighted by Crippen LogP contribution is -2.45. The summed E-state index contributed by atoms with van der Waals surface area (Å²) in [5.41, 5.74) is 3.02. The van der Waals surface area contributed by atoms with Crippen molar-refractivity contribution in [2.24, 2.45) is 11.1 Å². The second-order valence-electron chi connectivity index (χ2n) is 11.2. The van der Waals surface area contributed by atoms with Gasteiger partial charge in [-0.1, -0.05) is 37.6 Å². The van der Waals surface area contributed by atoms with Gasteiger partial charge in [0.1, 0.15) is 17.2 Å². The molecule has 0 bridgehead atoms. The third-order valence-corrected chi connectivity index (χ3v) is 6.93. The number of hydrogen-bond acceptors (Lipinski definition) is 9. The van der Waals surface area contributed by atoms with Crippen molar-refractivity contribution in [3.8, 4) is 6.01 Å². The monoisotopic (exact) mass is 670 g/mol. The molecule has 3 aromatic rings. The summed E-state index contributed by atoms with van der Waals surface area (Å²) in [6.07, 6.45) is -3.42. The van der Waals surface area contributed by atoms with E-state index in [1.54, 1.807) is 38.1 Å². The number of hydrogen-bond donors (Lipinski definition) is 5. The van der Waals surface area contributed by atoms with Crippen molar-refractivity contribution in [2.45, 2.75) is 38.4 Å². The van der Waals surface area contributed by atoms with Gasteiger partial charge < -0.3 is 31.7 Å². The highest BCUT2D eigenvalue weighted by atomic mass is 35.5. The Bertz CT molecular complexity index is 1610. The first kappa shape index (κ1) is 34.1. The third kappa shape index (κ3) is 9.12. The van der Waals surface area contributed by atoms with E-state index in [0.717, 1.165) is 17.7 Å². The number of anilines is 3. The van der Waals surface area contributed by atoms with E-state index >= 15 is 8.78 Å². The minimum Gasteiger partial charge on any atom is -0.454 e. The fourth-order valence-corrected chi connectivity index (χ4v) is 4.27. The highest BCUT2D eigenvalue weighted by Crippen LogP contribution is 2.48. The molecule has 12 nitrogen and oxygen atoms in total. The minimum atomic E-state index is -4.70. The first-order valence-electron chi connectivity index (χ1n) is 13.6. The molecule has 0 saturated heterocycles. The molecule has 0 radical (unpaired) electrons. The molecular weight excluding hydrogens is 643 g/mol. The maximum Gasteiger partial charge on any atom is 0.422 e. The molecule has 1 heterocycles. The maximum absolute atomic E-state index is 15.0. The fraction of sp³-hybridized carbons (Fsp3) is 0.357. The summed E-state index contributed by atoms with van der Waals surface area (Å²) in [6.45, 7) is 1.28. The molecule has 6 N–H and O–H groups in total. The van der Waals surface area contributed by atoms with Gasteiger partial charge in [0.2, 0.25) is 11.9 Å². The van der Waals surface area contributed by atoms with Gasteiger partial charge in [-0.15, -0.1) is 0 Å². The highest BCUT2D eigenvalue weighted by molar-refractivity contribution is 6.34. The Morgan fingerprint density at radius 1 is 0.957 bits per heavy atom. The molecule has 4 rings (SSSR count). The molecule has 1 aromatic heterocycles. The van der Waals surface area contributed by atoms with Gasteiger partial charge in [0, 0.05) is 23.8 Å². The van der Waals surface area contributed by atoms with Gasteiger partial charge in [-0.3, -0.25) is 14.4 Å². The Morgan fingerprint density at radius 3 is 2.11 bits per heavy atom. The van der Waals surface area contributed by atoms with Gasteiger partial charge in [0.15, 0.2) is 6.61 Å². The zero-order chi connectivity index (χ0) is 33.9. The summed E-state index contributed by atoms with van der Waals surface area (Å²) in [6, 6.07) is 7.72. The zero-order valence-corrected chi connectivity index (χ0v) is 25.1. The summed E-state index contributed by atoms with van der Waals surface area (Å²) in [5, 5.41) is 10.7. The number of nitrogens with zero attached hydrogens (tertiary/aromatic N) is 3. The van der Waals surface area contributed by atoms with Crippen LogP contribution >= 0.6 is 11.6 Å². The van der Waals surface area contributed by atoms with Crippen LogP contribution in [0.15, 0.2) is 36.4 Å². The molecule has 1 fully saturated rings. The number of rotatable bonds is 12. The van der Waals surface area contributed by atoms with Crippen molar-refractivity contribution in [3.05, 3.63) is 64.2 Å². The van der Waals surface area contributed by atoms with Crippen LogP contribution < -0.4 is 31.7 Å². The van der Waals surface area contributed by atoms with Gasteiger partial charge in [0.05, 0.1) is 5.54 Å². The average molecular weight is 671 g/mol. The number of primary amides is 1. The Kier molecular flexibility index (Phi) is 9.84. The van der Waals surface area contributed by atoms with Crippen molar-refractivity contribution in [1.29, 1.82) is 0 Å². The molecule has 1 saturated carbocycles. The molecule has 2 aromatic carbocycles. The maximum atomic E-state index is 15.0. The van der Waals surface area contributed by atoms with Crippen LogP contribution in [0.1, 0.15) is 42.6 Å². The van der Waals surface area contributed by atoms with E-state index in [1.165, 1.54) is 0 Å². The Balaban J connectivity index is 1.52. The zero-order valence-electron chi connectivity index (χ0n) is 24.3. The number of carbonyl (C=O) groups excluding carboxylic acids is 3. The van der Waals surface area contributed by atoms with Crippen molar-refractivity contribution >= 4 is 46.9 Å². The number of ether oxygens (including phenoxy) is 1. The van der Waals surface area contributed by atoms with Gasteiger partial charge in [-0.2, -0.15) is 28.1 Å². The number of aromatic nitrogens is 3. The normalized spacial score (nSPS) is 13.8. The van der Waals surface area contributed by atoms with Gasteiger partial charge in [-0.25, -0.2) is 8.78 Å². The summed E-state index contributed by atoms with van der Waals surface area (Å²) in [7, 11) is 0. The van der Waals surface area contributed by atoms with Crippen LogP contribution in [0.5, 0.6) is 6.01 Å². The van der Waals surface area contributed by atoms with E-state index in [0.29, 0.717) is 17.9 Å². The SMILES string of the molecule is CC(C)(CNC(=O)C(N)=O)CNC(=O)c1c(F)cc(Nc2nc(NC3(c4ccc(Cl)cc4)CC3)nc(OCC(F)(F)F)n2)cc1F. The summed E-state index contributed by atoms with van der Waals surface area (Å²) in [5.74, 6) is -6.47. The van der Waals surface area contributed by atoms with E-state index in [9.17, 15) is 27.6 Å². The standard InChI is InChI=1S/C28H28ClF5N8O4/c1-26(2,12-37-22(45)20(35)43)11-36-21(44)19-17(30)9-16(10-18(19)31)38-23-39-24(41-25(40-23)46-13-28(32,33)34)42-27(7-8-27)14-3-5-15(29)6-4-14/h3-6,9-10H,7-8,11-13H2,1-2H3,(H2,35,43)(H,36,44)(H,37,45)(H2,38,39,40,41,42). The quantitative estimate of drug-likeness (QED) is 0.141. The molecule has 0 unspecified atom stereocenters. The molecule has 246 valence electrons. The van der Waals surface area contributed by atoms with Crippen LogP contribution in [0.3, 0.4) is 0 Å². The van der Waals surface area contributed by atoms with Crippen molar-refractivity contribution in [1.82, 2.24) is 25.6 Å². The minimum absolute atomic E-state index is 0.0822. The van der Waals surface area contributed by atoms with Crippen molar-refractivity contribution in [3.63, 3.8) is 0 Å². The van der Waals surface area contributed by atoms with E-state index in [-0.39, 0.29) is 24.7 Å². The average Bonchev–Trinajstić information content (AvgIpc) is 3.73. The number of halogens is 6. The Morgan fingerprint density at radius 2 is 1.54 bits per heavy atom. The van der Waals surface area contributed by atoms with E-state index in [4.69, 9.17) is 22.1 Å². The molecule has 0 atom stereocenters. The summed E-state index contributed by atoms with van der Waals surface area (Å²) >= 11 is 5.97. The van der Waals surface area contributed by atoms with E-state index in [1.807, 2.05) is 0 Å². The smallest absolute Gasteiger partial charge is 0.422 e. The predicted molar refractivity (Wildman–Crippen MR) is 155 cm³/mol. The Hall–Kier alpha value is -4.80. The summed E-state index contributed by atoms with van der Waals surface area (Å²) < 4.78 is 73.3. The van der Waals surface area contributed by atoms with Crippen LogP contribution in [-0.4, -0.2) is 58.5 Å². The second kappa shape index (κ2) is 13.3. The van der Waals surface area contributed by atoms with Crippen molar-refractivity contribution in [2.75, 3.05) is 30.3 Å². The van der Waals surface area contributed by atoms with Crippen LogP contribution in [0.4, 0.5) is 39.5 Å². The third-order valence-electron chi connectivity index (χ3n) is 6.68. The molecule has 0 aliphatic heterocycles. The topological polar surface area (TPSA) is 173 Å². The van der Waals surface area contributed by atoms with Gasteiger partial charge >= 0.3 is 24.0 Å². The number of benzene rings is 2. The Labute approximate surface area is 263 Å². The molecule has 0 spiro atoms. The molecule has 3 amide bonds. The first-order chi connectivity index (χ1) is 21.4. The van der Waals surface area contributed by atoms with Gasteiger partial charge in [0.25, 0.3) is 5.91 Å². The lowest BCUT2D eigenvalue weighted by Gasteiger charge is -2.25.